The van der Waals surface area contributed by atoms with Crippen LogP contribution in [-0.2, 0) is 4.74 Å². The van der Waals surface area contributed by atoms with Gasteiger partial charge in [-0.3, -0.25) is 4.99 Å². The van der Waals surface area contributed by atoms with Gasteiger partial charge < -0.3 is 24.8 Å². The summed E-state index contributed by atoms with van der Waals surface area (Å²) in [7, 11) is 3.37. The highest BCUT2D eigenvalue weighted by Crippen LogP contribution is 2.30. The summed E-state index contributed by atoms with van der Waals surface area (Å²) >= 11 is 0. The van der Waals surface area contributed by atoms with Crippen molar-refractivity contribution in [3.63, 3.8) is 0 Å². The zero-order chi connectivity index (χ0) is 17.8. The molecule has 0 heterocycles. The average molecular weight is 465 g/mol. The first-order valence-corrected chi connectivity index (χ1v) is 8.46. The van der Waals surface area contributed by atoms with Crippen LogP contribution in [0.15, 0.2) is 23.2 Å². The van der Waals surface area contributed by atoms with Gasteiger partial charge in [0.25, 0.3) is 0 Å². The predicted octanol–water partition coefficient (Wildman–Crippen LogP) is 3.76. The molecular formula is C18H32IN3O3. The van der Waals surface area contributed by atoms with E-state index in [1.807, 2.05) is 25.1 Å². The summed E-state index contributed by atoms with van der Waals surface area (Å²) in [4.78, 5) is 4.21. The monoisotopic (exact) mass is 465 g/mol. The Morgan fingerprint density at radius 1 is 1.20 bits per heavy atom. The molecule has 0 saturated carbocycles. The van der Waals surface area contributed by atoms with E-state index in [1.54, 1.807) is 14.2 Å². The lowest BCUT2D eigenvalue weighted by Crippen LogP contribution is -2.33. The third kappa shape index (κ3) is 9.74. The Morgan fingerprint density at radius 2 is 1.96 bits per heavy atom. The minimum atomic E-state index is 0. The smallest absolute Gasteiger partial charge is 0.195 e. The Bertz CT molecular complexity index is 510. The molecule has 0 saturated heterocycles. The van der Waals surface area contributed by atoms with E-state index in [0.717, 1.165) is 24.5 Å². The van der Waals surface area contributed by atoms with E-state index >= 15 is 0 Å². The molecule has 144 valence electrons. The van der Waals surface area contributed by atoms with Crippen molar-refractivity contribution in [2.45, 2.75) is 27.2 Å². The van der Waals surface area contributed by atoms with Gasteiger partial charge in [-0.2, -0.15) is 0 Å². The van der Waals surface area contributed by atoms with E-state index < -0.39 is 0 Å². The second-order valence-corrected chi connectivity index (χ2v) is 5.72. The van der Waals surface area contributed by atoms with Crippen LogP contribution in [0.1, 0.15) is 27.2 Å². The van der Waals surface area contributed by atoms with Crippen molar-refractivity contribution < 1.29 is 14.2 Å². The number of hydrogen-bond donors (Lipinski definition) is 2. The molecule has 6 nitrogen and oxygen atoms in total. The molecule has 1 aromatic rings. The second kappa shape index (κ2) is 14.0. The molecule has 1 aromatic carbocycles. The van der Waals surface area contributed by atoms with Gasteiger partial charge in [-0.1, -0.05) is 13.8 Å². The van der Waals surface area contributed by atoms with Crippen LogP contribution in [0.5, 0.6) is 11.5 Å². The summed E-state index contributed by atoms with van der Waals surface area (Å²) in [5.41, 5.74) is 0.879. The normalized spacial score (nSPS) is 11.0. The summed E-state index contributed by atoms with van der Waals surface area (Å²) in [5, 5.41) is 6.45. The van der Waals surface area contributed by atoms with E-state index in [-0.39, 0.29) is 24.0 Å². The Hall–Kier alpha value is -1.22. The van der Waals surface area contributed by atoms with Gasteiger partial charge in [-0.25, -0.2) is 0 Å². The molecule has 0 aromatic heterocycles. The van der Waals surface area contributed by atoms with Gasteiger partial charge in [0.15, 0.2) is 17.5 Å². The first-order chi connectivity index (χ1) is 11.6. The number of nitrogens with one attached hydrogen (secondary N) is 2. The fourth-order valence-corrected chi connectivity index (χ4v) is 2.00. The molecule has 0 amide bonds. The number of benzene rings is 1. The lowest BCUT2D eigenvalue weighted by atomic mass is 10.1. The van der Waals surface area contributed by atoms with Gasteiger partial charge in [0.2, 0.25) is 0 Å². The number of methoxy groups -OCH3 is 1. The van der Waals surface area contributed by atoms with Gasteiger partial charge in [0, 0.05) is 32.0 Å². The molecule has 0 radical (unpaired) electrons. The van der Waals surface area contributed by atoms with Crippen LogP contribution < -0.4 is 20.1 Å². The molecule has 0 unspecified atom stereocenters. The van der Waals surface area contributed by atoms with E-state index in [9.17, 15) is 0 Å². The van der Waals surface area contributed by atoms with Crippen LogP contribution in [0, 0.1) is 5.92 Å². The maximum atomic E-state index is 5.59. The molecule has 0 bridgehead atoms. The van der Waals surface area contributed by atoms with Crippen molar-refractivity contribution in [1.29, 1.82) is 0 Å². The van der Waals surface area contributed by atoms with E-state index in [0.29, 0.717) is 37.4 Å². The third-order valence-corrected chi connectivity index (χ3v) is 3.33. The average Bonchev–Trinajstić information content (AvgIpc) is 2.57. The van der Waals surface area contributed by atoms with Gasteiger partial charge in [-0.05, 0) is 31.4 Å². The maximum absolute atomic E-state index is 5.59. The van der Waals surface area contributed by atoms with Crippen molar-refractivity contribution in [2.75, 3.05) is 45.8 Å². The number of hydrogen-bond acceptors (Lipinski definition) is 4. The molecule has 7 heteroatoms. The molecule has 0 fully saturated rings. The van der Waals surface area contributed by atoms with Crippen LogP contribution in [0.2, 0.25) is 0 Å². The first-order valence-electron chi connectivity index (χ1n) is 8.46. The molecule has 0 aliphatic heterocycles. The summed E-state index contributed by atoms with van der Waals surface area (Å²) < 4.78 is 16.5. The molecule has 25 heavy (non-hydrogen) atoms. The van der Waals surface area contributed by atoms with Gasteiger partial charge in [0.1, 0.15) is 0 Å². The number of aliphatic imine (C=N–C) groups is 1. The highest BCUT2D eigenvalue weighted by Gasteiger charge is 2.06. The number of anilines is 1. The lowest BCUT2D eigenvalue weighted by Gasteiger charge is -2.14. The number of guanidine groups is 1. The highest BCUT2D eigenvalue weighted by molar-refractivity contribution is 14.0. The van der Waals surface area contributed by atoms with E-state index in [2.05, 4.69) is 29.5 Å². The Kier molecular flexibility index (Phi) is 13.3. The first kappa shape index (κ1) is 23.8. The molecule has 1 rings (SSSR count). The molecule has 0 aliphatic rings. The van der Waals surface area contributed by atoms with Crippen molar-refractivity contribution in [1.82, 2.24) is 5.32 Å². The molecule has 0 aliphatic carbocycles. The SMILES string of the molecule is CCOc1ccc(NC(=NC)NCCOCCC(C)C)cc1OC.I. The summed E-state index contributed by atoms with van der Waals surface area (Å²) in [6.07, 6.45) is 1.08. The van der Waals surface area contributed by atoms with Crippen molar-refractivity contribution in [2.24, 2.45) is 10.9 Å². The zero-order valence-corrected chi connectivity index (χ0v) is 18.3. The zero-order valence-electron chi connectivity index (χ0n) is 15.9. The standard InChI is InChI=1S/C18H31N3O3.HI/c1-6-24-16-8-7-15(13-17(16)22-5)21-18(19-4)20-10-12-23-11-9-14(2)3;/h7-8,13-14H,6,9-12H2,1-5H3,(H2,19,20,21);1H. The Labute approximate surface area is 168 Å². The number of ether oxygens (including phenoxy) is 3. The topological polar surface area (TPSA) is 64.1 Å². The number of nitrogens with zero attached hydrogens (tertiary/aromatic N) is 1. The molecule has 0 atom stereocenters. The van der Waals surface area contributed by atoms with Gasteiger partial charge in [0.05, 0.1) is 20.3 Å². The van der Waals surface area contributed by atoms with Crippen molar-refractivity contribution in [3.8, 4) is 11.5 Å². The maximum Gasteiger partial charge on any atom is 0.195 e. The fraction of sp³-hybridized carbons (Fsp3) is 0.611. The second-order valence-electron chi connectivity index (χ2n) is 5.72. The molecule has 0 spiro atoms. The van der Waals surface area contributed by atoms with E-state index in [1.165, 1.54) is 0 Å². The van der Waals surface area contributed by atoms with Crippen LogP contribution in [0.4, 0.5) is 5.69 Å². The van der Waals surface area contributed by atoms with Crippen LogP contribution in [0.3, 0.4) is 0 Å². The third-order valence-electron chi connectivity index (χ3n) is 3.33. The number of halogens is 1. The largest absolute Gasteiger partial charge is 0.493 e. The quantitative estimate of drug-likeness (QED) is 0.239. The molecular weight excluding hydrogens is 433 g/mol. The fourth-order valence-electron chi connectivity index (χ4n) is 2.00. The Balaban J connectivity index is 0.00000576. The summed E-state index contributed by atoms with van der Waals surface area (Å²) in [6, 6.07) is 5.70. The predicted molar refractivity (Wildman–Crippen MR) is 115 cm³/mol. The van der Waals surface area contributed by atoms with Crippen molar-refractivity contribution in [3.05, 3.63) is 18.2 Å². The van der Waals surface area contributed by atoms with Crippen LogP contribution >= 0.6 is 24.0 Å². The minimum Gasteiger partial charge on any atom is -0.493 e. The highest BCUT2D eigenvalue weighted by atomic mass is 127. The van der Waals surface area contributed by atoms with Crippen molar-refractivity contribution >= 4 is 35.6 Å². The minimum absolute atomic E-state index is 0. The van der Waals surface area contributed by atoms with Crippen LogP contribution in [-0.4, -0.2) is 46.5 Å². The summed E-state index contributed by atoms with van der Waals surface area (Å²) in [5.74, 6) is 2.78. The van der Waals surface area contributed by atoms with Crippen LogP contribution in [0.25, 0.3) is 0 Å². The lowest BCUT2D eigenvalue weighted by molar-refractivity contribution is 0.128. The Morgan fingerprint density at radius 3 is 2.56 bits per heavy atom. The number of rotatable bonds is 10. The van der Waals surface area contributed by atoms with Gasteiger partial charge in [-0.15, -0.1) is 24.0 Å². The summed E-state index contributed by atoms with van der Waals surface area (Å²) in [6.45, 7) is 9.08. The van der Waals surface area contributed by atoms with E-state index in [4.69, 9.17) is 14.2 Å². The molecule has 2 N–H and O–H groups in total. The van der Waals surface area contributed by atoms with Gasteiger partial charge >= 0.3 is 0 Å².